The first-order valence-corrected chi connectivity index (χ1v) is 22.7. The van der Waals surface area contributed by atoms with Crippen LogP contribution in [-0.2, 0) is 41.4 Å². The normalized spacial score (nSPS) is 15.5. The van der Waals surface area contributed by atoms with E-state index in [0.717, 1.165) is 49.8 Å². The van der Waals surface area contributed by atoms with Crippen molar-refractivity contribution in [3.63, 3.8) is 0 Å². The smallest absolute Gasteiger partial charge is 0.264 e. The second-order valence-electron chi connectivity index (χ2n) is 15.9. The Labute approximate surface area is 385 Å². The molecule has 4 heterocycles. The number of carbonyl (C=O) groups excluding carboxylic acids is 6. The van der Waals surface area contributed by atoms with Gasteiger partial charge in [0.2, 0.25) is 17.7 Å². The molecule has 3 aliphatic rings. The molecular formula is C49H50N6O10S. The molecule has 66 heavy (non-hydrogen) atoms. The van der Waals surface area contributed by atoms with Crippen LogP contribution < -0.4 is 25.6 Å². The highest BCUT2D eigenvalue weighted by molar-refractivity contribution is 7.16. The minimum atomic E-state index is -1.03. The summed E-state index contributed by atoms with van der Waals surface area (Å²) >= 11 is 1.42. The molecule has 0 bridgehead atoms. The van der Waals surface area contributed by atoms with E-state index in [0.29, 0.717) is 81.5 Å². The number of amides is 6. The van der Waals surface area contributed by atoms with Gasteiger partial charge in [0.05, 0.1) is 62.9 Å². The predicted octanol–water partition coefficient (Wildman–Crippen LogP) is 5.75. The maximum Gasteiger partial charge on any atom is 0.264 e. The van der Waals surface area contributed by atoms with Crippen molar-refractivity contribution in [1.29, 1.82) is 0 Å². The topological polar surface area (TPSA) is 195 Å². The number of benzene rings is 4. The molecule has 1 saturated heterocycles. The predicted molar refractivity (Wildman–Crippen MR) is 247 cm³/mol. The highest BCUT2D eigenvalue weighted by Gasteiger charge is 2.45. The van der Waals surface area contributed by atoms with E-state index in [4.69, 9.17) is 23.9 Å². The first kappa shape index (κ1) is 45.8. The molecule has 1 unspecified atom stereocenters. The molecule has 0 aliphatic carbocycles. The molecule has 1 atom stereocenters. The Morgan fingerprint density at radius 1 is 0.818 bits per heavy atom. The van der Waals surface area contributed by atoms with Crippen LogP contribution in [0.4, 0.5) is 16.5 Å². The van der Waals surface area contributed by atoms with Crippen LogP contribution in [0, 0.1) is 13.8 Å². The number of anilines is 3. The molecule has 0 spiro atoms. The highest BCUT2D eigenvalue weighted by atomic mass is 32.1. The van der Waals surface area contributed by atoms with Crippen molar-refractivity contribution in [2.24, 2.45) is 0 Å². The van der Waals surface area contributed by atoms with Crippen LogP contribution in [0.1, 0.15) is 65.5 Å². The fourth-order valence-corrected chi connectivity index (χ4v) is 9.06. The number of hydrogen-bond acceptors (Lipinski definition) is 13. The third-order valence-electron chi connectivity index (χ3n) is 11.4. The molecule has 0 radical (unpaired) electrons. The summed E-state index contributed by atoms with van der Waals surface area (Å²) in [6.45, 7) is 7.32. The van der Waals surface area contributed by atoms with Crippen molar-refractivity contribution in [2.45, 2.75) is 45.6 Å². The van der Waals surface area contributed by atoms with Crippen LogP contribution >= 0.6 is 11.3 Å². The molecule has 8 rings (SSSR count). The third-order valence-corrected chi connectivity index (χ3v) is 12.3. The van der Waals surface area contributed by atoms with Crippen molar-refractivity contribution in [1.82, 2.24) is 15.2 Å². The molecular weight excluding hydrogens is 865 g/mol. The lowest BCUT2D eigenvalue weighted by molar-refractivity contribution is -0.136. The van der Waals surface area contributed by atoms with E-state index >= 15 is 0 Å². The molecule has 342 valence electrons. The number of aryl methyl sites for hydroxylation is 2. The van der Waals surface area contributed by atoms with E-state index < -0.39 is 29.7 Å². The molecule has 6 amide bonds. The van der Waals surface area contributed by atoms with E-state index in [-0.39, 0.29) is 42.2 Å². The van der Waals surface area contributed by atoms with Crippen LogP contribution in [0.3, 0.4) is 0 Å². The molecule has 0 saturated carbocycles. The number of hydrogen-bond donors (Lipinski definition) is 3. The zero-order chi connectivity index (χ0) is 46.2. The second-order valence-corrected chi connectivity index (χ2v) is 17.2. The third kappa shape index (κ3) is 10.5. The van der Waals surface area contributed by atoms with Gasteiger partial charge in [-0.1, -0.05) is 42.5 Å². The van der Waals surface area contributed by atoms with E-state index in [2.05, 4.69) is 22.0 Å². The van der Waals surface area contributed by atoms with Crippen molar-refractivity contribution >= 4 is 63.3 Å². The zero-order valence-corrected chi connectivity index (χ0v) is 37.5. The van der Waals surface area contributed by atoms with Gasteiger partial charge in [0.25, 0.3) is 17.7 Å². The summed E-state index contributed by atoms with van der Waals surface area (Å²) in [4.78, 5) is 85.2. The lowest BCUT2D eigenvalue weighted by atomic mass is 10.0. The van der Waals surface area contributed by atoms with E-state index in [1.165, 1.54) is 11.3 Å². The number of carbonyl (C=O) groups is 6. The average molecular weight is 915 g/mol. The summed E-state index contributed by atoms with van der Waals surface area (Å²) in [5, 5.41) is 8.82. The molecule has 1 aromatic heterocycles. The van der Waals surface area contributed by atoms with Gasteiger partial charge in [-0.3, -0.25) is 39.0 Å². The van der Waals surface area contributed by atoms with Crippen molar-refractivity contribution in [3.8, 4) is 17.0 Å². The average Bonchev–Trinajstić information content (AvgIpc) is 3.97. The van der Waals surface area contributed by atoms with Crippen LogP contribution in [-0.4, -0.2) is 111 Å². The second kappa shape index (κ2) is 21.0. The van der Waals surface area contributed by atoms with Gasteiger partial charge in [-0.05, 0) is 85.8 Å². The van der Waals surface area contributed by atoms with Crippen LogP contribution in [0.2, 0.25) is 0 Å². The summed E-state index contributed by atoms with van der Waals surface area (Å²) in [5.74, 6) is -1.77. The lowest BCUT2D eigenvalue weighted by Crippen LogP contribution is -2.54. The van der Waals surface area contributed by atoms with Gasteiger partial charge in [-0.15, -0.1) is 11.3 Å². The number of ether oxygens (including phenoxy) is 4. The number of aromatic nitrogens is 1. The summed E-state index contributed by atoms with van der Waals surface area (Å²) in [6, 6.07) is 25.0. The largest absolute Gasteiger partial charge is 0.491 e. The van der Waals surface area contributed by atoms with Gasteiger partial charge >= 0.3 is 0 Å². The van der Waals surface area contributed by atoms with Gasteiger partial charge in [-0.25, -0.2) is 4.98 Å². The lowest BCUT2D eigenvalue weighted by Gasteiger charge is -2.27. The van der Waals surface area contributed by atoms with Crippen molar-refractivity contribution in [2.75, 3.05) is 74.9 Å². The molecule has 16 nitrogen and oxygen atoms in total. The van der Waals surface area contributed by atoms with Gasteiger partial charge < -0.3 is 34.5 Å². The monoisotopic (exact) mass is 914 g/mol. The summed E-state index contributed by atoms with van der Waals surface area (Å²) in [6.07, 6.45) is 1.05. The van der Waals surface area contributed by atoms with Crippen molar-refractivity contribution < 1.29 is 47.7 Å². The van der Waals surface area contributed by atoms with Gasteiger partial charge in [0, 0.05) is 46.9 Å². The summed E-state index contributed by atoms with van der Waals surface area (Å²) < 4.78 is 22.7. The molecule has 17 heteroatoms. The fraction of sp³-hybridized carbons (Fsp3) is 0.327. The molecule has 4 aromatic carbocycles. The highest BCUT2D eigenvalue weighted by Crippen LogP contribution is 2.37. The minimum Gasteiger partial charge on any atom is -0.491 e. The number of nitrogens with one attached hydrogen (secondary N) is 3. The molecule has 5 aromatic rings. The van der Waals surface area contributed by atoms with Crippen LogP contribution in [0.25, 0.3) is 11.3 Å². The zero-order valence-electron chi connectivity index (χ0n) is 36.7. The van der Waals surface area contributed by atoms with Crippen LogP contribution in [0.15, 0.2) is 84.9 Å². The number of nitrogens with zero attached hydrogens (tertiary/aromatic N) is 3. The van der Waals surface area contributed by atoms with Crippen LogP contribution in [0.5, 0.6) is 5.75 Å². The Morgan fingerprint density at radius 2 is 1.58 bits per heavy atom. The van der Waals surface area contributed by atoms with Gasteiger partial charge in [0.1, 0.15) is 18.4 Å². The Hall–Kier alpha value is -6.79. The van der Waals surface area contributed by atoms with Gasteiger partial charge in [-0.2, -0.15) is 0 Å². The van der Waals surface area contributed by atoms with E-state index in [1.54, 1.807) is 18.2 Å². The fourth-order valence-electron chi connectivity index (χ4n) is 8.21. The van der Waals surface area contributed by atoms with Crippen molar-refractivity contribution in [3.05, 3.63) is 123 Å². The molecule has 1 fully saturated rings. The maximum atomic E-state index is 13.4. The minimum absolute atomic E-state index is 0.00428. The number of fused-ring (bicyclic) bond motifs is 2. The van der Waals surface area contributed by atoms with Gasteiger partial charge in [0.15, 0.2) is 5.13 Å². The molecule has 3 aliphatic heterocycles. The Bertz CT molecular complexity index is 2670. The molecule has 3 N–H and O–H groups in total. The maximum absolute atomic E-state index is 13.4. The number of imide groups is 2. The number of piperidine rings is 1. The quantitative estimate of drug-likeness (QED) is 0.0633. The number of rotatable bonds is 20. The summed E-state index contributed by atoms with van der Waals surface area (Å²) in [7, 11) is 0. The van der Waals surface area contributed by atoms with E-state index in [1.807, 2.05) is 79.4 Å². The standard InChI is InChI=1S/C49H50N6O10S/c1-30-7-3-4-10-36(30)46(59)54-19-17-33-29-34(13-14-39(33)54)44-31(2)66-49(53-44)52-42(57)28-32-8-5-9-35(27-32)65-26-25-64-24-23-63-22-21-62-20-18-50-38-12-6-11-37-43(38)48(61)55(47(37)60)40-15-16-41(56)51-45(40)58/h3-14,27,29,40,50H,15-26,28H2,1-2H3,(H,51,56,58)(H,52,53,57). The number of thiazole rings is 1. The first-order valence-electron chi connectivity index (χ1n) is 21.9. The Balaban J connectivity index is 0.690. The SMILES string of the molecule is Cc1ccccc1C(=O)N1CCc2cc(-c3nc(NC(=O)Cc4cccc(OCCOCCOCCOCCNc5cccc6c5C(=O)N(C5CCC(=O)NC5=O)C6=O)c4)sc3C)ccc21. The Kier molecular flexibility index (Phi) is 14.6. The Morgan fingerprint density at radius 3 is 2.36 bits per heavy atom. The van der Waals surface area contributed by atoms with E-state index in [9.17, 15) is 28.8 Å². The first-order chi connectivity index (χ1) is 32.0. The summed E-state index contributed by atoms with van der Waals surface area (Å²) in [5.41, 5.74) is 7.09.